The van der Waals surface area contributed by atoms with Gasteiger partial charge in [-0.15, -0.1) is 0 Å². The second kappa shape index (κ2) is 11.1. The largest absolute Gasteiger partial charge is 0.378 e. The van der Waals surface area contributed by atoms with Gasteiger partial charge in [0, 0.05) is 25.5 Å². The number of rotatable bonds is 7. The number of carbonyl (C=O) groups is 1. The van der Waals surface area contributed by atoms with Crippen LogP contribution < -0.4 is 15.8 Å². The minimum Gasteiger partial charge on any atom is -0.378 e. The second-order valence-electron chi connectivity index (χ2n) is 8.91. The summed E-state index contributed by atoms with van der Waals surface area (Å²) in [5, 5.41) is 3.05. The quantitative estimate of drug-likeness (QED) is 0.141. The first-order valence-corrected chi connectivity index (χ1v) is 14.1. The Kier molecular flexibility index (Phi) is 7.65. The van der Waals surface area contributed by atoms with E-state index in [9.17, 15) is 14.0 Å². The Morgan fingerprint density at radius 1 is 1.03 bits per heavy atom. The van der Waals surface area contributed by atoms with E-state index in [0.29, 0.717) is 20.0 Å². The van der Waals surface area contributed by atoms with Crippen molar-refractivity contribution in [2.75, 3.05) is 30.1 Å². The van der Waals surface area contributed by atoms with Crippen molar-refractivity contribution in [2.24, 2.45) is 0 Å². The summed E-state index contributed by atoms with van der Waals surface area (Å²) in [7, 11) is 3.88. The van der Waals surface area contributed by atoms with Gasteiger partial charge >= 0.3 is 0 Å². The van der Waals surface area contributed by atoms with E-state index in [1.54, 1.807) is 16.7 Å². The number of benzene rings is 3. The first-order chi connectivity index (χ1) is 18.7. The third-order valence-electron chi connectivity index (χ3n) is 6.03. The number of amides is 1. The van der Waals surface area contributed by atoms with Crippen molar-refractivity contribution in [1.82, 2.24) is 14.1 Å². The number of thioether (sulfide) groups is 1. The molecule has 0 unspecified atom stereocenters. The number of carbonyl (C=O) groups excluding carboxylic acids is 1. The number of hydrogen-bond donors (Lipinski definition) is 1. The summed E-state index contributed by atoms with van der Waals surface area (Å²) in [4.78, 5) is 33.4. The molecule has 0 aliphatic rings. The van der Waals surface area contributed by atoms with Crippen LogP contribution in [0.2, 0.25) is 0 Å². The Bertz CT molecular complexity index is 1810. The summed E-state index contributed by atoms with van der Waals surface area (Å²) >= 11 is 7.82. The molecule has 0 spiro atoms. The number of hydrogen-bond acceptors (Lipinski definition) is 7. The van der Waals surface area contributed by atoms with Crippen molar-refractivity contribution in [3.63, 3.8) is 0 Å². The third-order valence-corrected chi connectivity index (χ3v) is 8.32. The molecule has 5 rings (SSSR count). The zero-order valence-corrected chi connectivity index (χ0v) is 23.8. The standard InChI is InChI=1S/C28H24FN5O2S3/c1-17-8-4-6-10-21(17)33-25-24(39-28(33)37)26(36)34(22-11-7-5-9-20(22)29)27(31-25)38-16-23(35)30-18-12-14-19(15-13-18)32(2)3/h4-15H,16H2,1-3H3,(H,30,35). The van der Waals surface area contributed by atoms with Gasteiger partial charge in [-0.1, -0.05) is 53.4 Å². The minimum absolute atomic E-state index is 0.0446. The van der Waals surface area contributed by atoms with Crippen molar-refractivity contribution in [3.8, 4) is 11.4 Å². The number of para-hydroxylation sites is 2. The molecule has 0 fully saturated rings. The number of anilines is 2. The van der Waals surface area contributed by atoms with Gasteiger partial charge in [-0.2, -0.15) is 0 Å². The van der Waals surface area contributed by atoms with Crippen LogP contribution in [-0.2, 0) is 4.79 Å². The highest BCUT2D eigenvalue weighted by Gasteiger charge is 2.21. The molecule has 0 saturated carbocycles. The van der Waals surface area contributed by atoms with Crippen molar-refractivity contribution in [2.45, 2.75) is 12.1 Å². The molecule has 2 aromatic heterocycles. The van der Waals surface area contributed by atoms with E-state index in [4.69, 9.17) is 17.2 Å². The predicted octanol–water partition coefficient (Wildman–Crippen LogP) is 6.21. The summed E-state index contributed by atoms with van der Waals surface area (Å²) in [5.41, 5.74) is 3.40. The number of fused-ring (bicyclic) bond motifs is 1. The lowest BCUT2D eigenvalue weighted by molar-refractivity contribution is -0.113. The van der Waals surface area contributed by atoms with Gasteiger partial charge < -0.3 is 10.2 Å². The number of aromatic nitrogens is 3. The van der Waals surface area contributed by atoms with Crippen molar-refractivity contribution < 1.29 is 9.18 Å². The van der Waals surface area contributed by atoms with Crippen LogP contribution >= 0.6 is 35.3 Å². The number of thiazole rings is 1. The average Bonchev–Trinajstić information content (AvgIpc) is 3.24. The van der Waals surface area contributed by atoms with E-state index in [-0.39, 0.29) is 22.5 Å². The molecule has 7 nitrogen and oxygen atoms in total. The lowest BCUT2D eigenvalue weighted by Gasteiger charge is -2.14. The number of nitrogens with zero attached hydrogens (tertiary/aromatic N) is 4. The van der Waals surface area contributed by atoms with Gasteiger partial charge in [-0.3, -0.25) is 18.7 Å². The maximum atomic E-state index is 14.9. The van der Waals surface area contributed by atoms with Gasteiger partial charge in [-0.25, -0.2) is 9.37 Å². The fourth-order valence-corrected chi connectivity index (χ4v) is 6.16. The lowest BCUT2D eigenvalue weighted by Crippen LogP contribution is -2.23. The van der Waals surface area contributed by atoms with E-state index >= 15 is 0 Å². The second-order valence-corrected chi connectivity index (χ2v) is 11.5. The number of nitrogens with one attached hydrogen (secondary N) is 1. The molecule has 198 valence electrons. The van der Waals surface area contributed by atoms with E-state index in [2.05, 4.69) is 5.32 Å². The molecule has 0 bridgehead atoms. The fourth-order valence-electron chi connectivity index (χ4n) is 4.07. The minimum atomic E-state index is -0.574. The van der Waals surface area contributed by atoms with E-state index in [0.717, 1.165) is 40.0 Å². The van der Waals surface area contributed by atoms with Crippen LogP contribution in [-0.4, -0.2) is 39.9 Å². The van der Waals surface area contributed by atoms with Crippen LogP contribution in [0.1, 0.15) is 5.56 Å². The molecule has 0 aliphatic carbocycles. The Balaban J connectivity index is 1.57. The van der Waals surface area contributed by atoms with Crippen LogP contribution in [0.3, 0.4) is 0 Å². The van der Waals surface area contributed by atoms with E-state index < -0.39 is 11.4 Å². The number of aryl methyl sites for hydroxylation is 1. The topological polar surface area (TPSA) is 72.2 Å². The highest BCUT2D eigenvalue weighted by atomic mass is 32.2. The smallest absolute Gasteiger partial charge is 0.278 e. The lowest BCUT2D eigenvalue weighted by atomic mass is 10.2. The maximum Gasteiger partial charge on any atom is 0.278 e. The molecule has 1 amide bonds. The van der Waals surface area contributed by atoms with Crippen molar-refractivity contribution in [1.29, 1.82) is 0 Å². The summed E-state index contributed by atoms with van der Waals surface area (Å²) in [6.45, 7) is 1.95. The summed E-state index contributed by atoms with van der Waals surface area (Å²) < 4.78 is 18.6. The van der Waals surface area contributed by atoms with Crippen LogP contribution in [0.25, 0.3) is 21.7 Å². The normalized spacial score (nSPS) is 11.1. The zero-order valence-electron chi connectivity index (χ0n) is 21.3. The highest BCUT2D eigenvalue weighted by molar-refractivity contribution is 7.99. The van der Waals surface area contributed by atoms with Gasteiger partial charge in [0.2, 0.25) is 5.91 Å². The molecule has 11 heteroatoms. The molecule has 39 heavy (non-hydrogen) atoms. The van der Waals surface area contributed by atoms with Crippen molar-refractivity contribution >= 4 is 62.9 Å². The van der Waals surface area contributed by atoms with Crippen molar-refractivity contribution in [3.05, 3.63) is 98.5 Å². The molecule has 0 radical (unpaired) electrons. The van der Waals surface area contributed by atoms with E-state index in [1.165, 1.54) is 16.7 Å². The van der Waals surface area contributed by atoms with Gasteiger partial charge in [0.05, 0.1) is 17.1 Å². The van der Waals surface area contributed by atoms with Crippen LogP contribution in [0.15, 0.2) is 82.7 Å². The molecule has 0 atom stereocenters. The summed E-state index contributed by atoms with van der Waals surface area (Å²) in [5.74, 6) is -0.903. The molecule has 0 aliphatic heterocycles. The van der Waals surface area contributed by atoms with Gasteiger partial charge in [0.25, 0.3) is 5.56 Å². The SMILES string of the molecule is Cc1ccccc1-n1c(=S)sc2c(=O)n(-c3ccccc3F)c(SCC(=O)Nc3ccc(N(C)C)cc3)nc21. The monoisotopic (exact) mass is 577 g/mol. The molecule has 2 heterocycles. The molecule has 0 saturated heterocycles. The first-order valence-electron chi connectivity index (χ1n) is 11.9. The molecular formula is C28H24FN5O2S3. The molecule has 5 aromatic rings. The van der Waals surface area contributed by atoms with Gasteiger partial charge in [0.15, 0.2) is 14.8 Å². The van der Waals surface area contributed by atoms with Crippen LogP contribution in [0, 0.1) is 16.7 Å². The average molecular weight is 578 g/mol. The first kappa shape index (κ1) is 26.8. The summed E-state index contributed by atoms with van der Waals surface area (Å²) in [6.07, 6.45) is 0. The Labute approximate surface area is 237 Å². The van der Waals surface area contributed by atoms with E-state index in [1.807, 2.05) is 74.4 Å². The maximum absolute atomic E-state index is 14.9. The Morgan fingerprint density at radius 2 is 1.69 bits per heavy atom. The number of halogens is 1. The Hall–Kier alpha value is -3.80. The van der Waals surface area contributed by atoms with Crippen LogP contribution in [0.5, 0.6) is 0 Å². The fraction of sp³-hybridized carbons (Fsp3) is 0.143. The third kappa shape index (κ3) is 5.38. The molecule has 3 aromatic carbocycles. The highest BCUT2D eigenvalue weighted by Crippen LogP contribution is 2.29. The molecular weight excluding hydrogens is 554 g/mol. The Morgan fingerprint density at radius 3 is 2.36 bits per heavy atom. The zero-order chi connectivity index (χ0) is 27.7. The van der Waals surface area contributed by atoms with Crippen LogP contribution in [0.4, 0.5) is 15.8 Å². The van der Waals surface area contributed by atoms with Gasteiger partial charge in [-0.05, 0) is 67.2 Å². The van der Waals surface area contributed by atoms with Gasteiger partial charge in [0.1, 0.15) is 10.5 Å². The predicted molar refractivity (Wildman–Crippen MR) is 160 cm³/mol. The molecule has 1 N–H and O–H groups in total. The summed E-state index contributed by atoms with van der Waals surface area (Å²) in [6, 6.07) is 21.1.